The largest absolute Gasteiger partial charge is 0.308 e. The zero-order valence-corrected chi connectivity index (χ0v) is 10.2. The molecular weight excluding hydrogens is 198 g/mol. The highest BCUT2D eigenvalue weighted by Gasteiger charge is 2.20. The van der Waals surface area contributed by atoms with E-state index in [1.165, 1.54) is 25.7 Å². The molecule has 88 valence electrons. The van der Waals surface area contributed by atoms with Crippen molar-refractivity contribution in [1.29, 1.82) is 0 Å². The van der Waals surface area contributed by atoms with Crippen LogP contribution in [0.5, 0.6) is 0 Å². The van der Waals surface area contributed by atoms with Gasteiger partial charge in [-0.25, -0.2) is 9.97 Å². The standard InChI is InChI=1S/C13H21N3/c1-10-5-3-4-6-13(10)15-9-12-7-8-14-11(2)16-12/h7-8,10,13,15H,3-6,9H2,1-2H3. The van der Waals surface area contributed by atoms with Crippen molar-refractivity contribution in [3.8, 4) is 0 Å². The zero-order chi connectivity index (χ0) is 11.4. The van der Waals surface area contributed by atoms with Crippen molar-refractivity contribution in [3.63, 3.8) is 0 Å². The summed E-state index contributed by atoms with van der Waals surface area (Å²) in [5, 5.41) is 3.62. The van der Waals surface area contributed by atoms with Gasteiger partial charge in [-0.1, -0.05) is 19.8 Å². The van der Waals surface area contributed by atoms with Crippen LogP contribution in [0.25, 0.3) is 0 Å². The summed E-state index contributed by atoms with van der Waals surface area (Å²) >= 11 is 0. The Hall–Kier alpha value is -0.960. The van der Waals surface area contributed by atoms with E-state index in [0.29, 0.717) is 6.04 Å². The topological polar surface area (TPSA) is 37.8 Å². The summed E-state index contributed by atoms with van der Waals surface area (Å²) < 4.78 is 0. The summed E-state index contributed by atoms with van der Waals surface area (Å²) in [4.78, 5) is 8.52. The quantitative estimate of drug-likeness (QED) is 0.848. The highest BCUT2D eigenvalue weighted by atomic mass is 15.0. The van der Waals surface area contributed by atoms with Crippen molar-refractivity contribution >= 4 is 0 Å². The van der Waals surface area contributed by atoms with Crippen molar-refractivity contribution in [2.45, 2.75) is 52.1 Å². The lowest BCUT2D eigenvalue weighted by Gasteiger charge is -2.29. The monoisotopic (exact) mass is 219 g/mol. The van der Waals surface area contributed by atoms with Crippen LogP contribution in [-0.4, -0.2) is 16.0 Å². The molecule has 1 heterocycles. The lowest BCUT2D eigenvalue weighted by atomic mass is 9.86. The molecular formula is C13H21N3. The van der Waals surface area contributed by atoms with Crippen LogP contribution in [0.3, 0.4) is 0 Å². The SMILES string of the molecule is Cc1nccc(CNC2CCCCC2C)n1. The minimum Gasteiger partial charge on any atom is -0.308 e. The van der Waals surface area contributed by atoms with Crippen LogP contribution >= 0.6 is 0 Å². The second kappa shape index (κ2) is 5.39. The van der Waals surface area contributed by atoms with Crippen LogP contribution in [0, 0.1) is 12.8 Å². The minimum atomic E-state index is 0.670. The zero-order valence-electron chi connectivity index (χ0n) is 10.2. The molecule has 0 radical (unpaired) electrons. The molecule has 3 nitrogen and oxygen atoms in total. The summed E-state index contributed by atoms with van der Waals surface area (Å²) in [7, 11) is 0. The highest BCUT2D eigenvalue weighted by Crippen LogP contribution is 2.23. The van der Waals surface area contributed by atoms with Crippen molar-refractivity contribution in [2.24, 2.45) is 5.92 Å². The van der Waals surface area contributed by atoms with Crippen molar-refractivity contribution in [1.82, 2.24) is 15.3 Å². The van der Waals surface area contributed by atoms with Crippen LogP contribution in [-0.2, 0) is 6.54 Å². The molecule has 0 aliphatic heterocycles. The van der Waals surface area contributed by atoms with Gasteiger partial charge in [0.05, 0.1) is 5.69 Å². The Balaban J connectivity index is 1.86. The molecule has 0 amide bonds. The van der Waals surface area contributed by atoms with E-state index in [9.17, 15) is 0 Å². The molecule has 1 N–H and O–H groups in total. The Morgan fingerprint density at radius 2 is 2.19 bits per heavy atom. The van der Waals surface area contributed by atoms with E-state index >= 15 is 0 Å². The Bertz CT molecular complexity index is 338. The van der Waals surface area contributed by atoms with Gasteiger partial charge in [-0.05, 0) is 31.7 Å². The first-order chi connectivity index (χ1) is 7.75. The molecule has 2 rings (SSSR count). The Kier molecular flexibility index (Phi) is 3.88. The summed E-state index contributed by atoms with van der Waals surface area (Å²) in [5.74, 6) is 1.66. The van der Waals surface area contributed by atoms with Crippen LogP contribution in [0.2, 0.25) is 0 Å². The number of nitrogens with zero attached hydrogens (tertiary/aromatic N) is 2. The second-order valence-electron chi connectivity index (χ2n) is 4.84. The van der Waals surface area contributed by atoms with Gasteiger partial charge in [0.25, 0.3) is 0 Å². The second-order valence-corrected chi connectivity index (χ2v) is 4.84. The first kappa shape index (κ1) is 11.5. The Morgan fingerprint density at radius 1 is 1.38 bits per heavy atom. The molecule has 2 unspecified atom stereocenters. The molecule has 1 aromatic rings. The van der Waals surface area contributed by atoms with Gasteiger partial charge in [0.15, 0.2) is 0 Å². The maximum atomic E-state index is 4.41. The average molecular weight is 219 g/mol. The van der Waals surface area contributed by atoms with E-state index in [2.05, 4.69) is 22.2 Å². The fraction of sp³-hybridized carbons (Fsp3) is 0.692. The molecule has 0 aromatic carbocycles. The summed E-state index contributed by atoms with van der Waals surface area (Å²) in [6.07, 6.45) is 7.27. The molecule has 2 atom stereocenters. The van der Waals surface area contributed by atoms with E-state index in [1.807, 2.05) is 19.2 Å². The fourth-order valence-electron chi connectivity index (χ4n) is 2.46. The number of hydrogen-bond donors (Lipinski definition) is 1. The molecule has 1 fully saturated rings. The Labute approximate surface area is 97.7 Å². The van der Waals surface area contributed by atoms with E-state index in [1.54, 1.807) is 0 Å². The van der Waals surface area contributed by atoms with Gasteiger partial charge in [-0.2, -0.15) is 0 Å². The molecule has 1 aromatic heterocycles. The van der Waals surface area contributed by atoms with Gasteiger partial charge in [0, 0.05) is 18.8 Å². The number of aryl methyl sites for hydroxylation is 1. The normalized spacial score (nSPS) is 25.6. The van der Waals surface area contributed by atoms with Crippen LogP contribution in [0.15, 0.2) is 12.3 Å². The predicted octanol–water partition coefficient (Wildman–Crippen LogP) is 2.45. The lowest BCUT2D eigenvalue weighted by molar-refractivity contribution is 0.278. The average Bonchev–Trinajstić information content (AvgIpc) is 2.28. The lowest BCUT2D eigenvalue weighted by Crippen LogP contribution is -2.36. The number of nitrogens with one attached hydrogen (secondary N) is 1. The van der Waals surface area contributed by atoms with Crippen molar-refractivity contribution < 1.29 is 0 Å². The molecule has 0 spiro atoms. The first-order valence-corrected chi connectivity index (χ1v) is 6.27. The third-order valence-corrected chi connectivity index (χ3v) is 3.49. The van der Waals surface area contributed by atoms with E-state index in [0.717, 1.165) is 24.0 Å². The van der Waals surface area contributed by atoms with Gasteiger partial charge in [-0.15, -0.1) is 0 Å². The van der Waals surface area contributed by atoms with Crippen molar-refractivity contribution in [3.05, 3.63) is 23.8 Å². The number of hydrogen-bond acceptors (Lipinski definition) is 3. The molecule has 0 bridgehead atoms. The summed E-state index contributed by atoms with van der Waals surface area (Å²) in [6.45, 7) is 5.16. The van der Waals surface area contributed by atoms with E-state index in [4.69, 9.17) is 0 Å². The van der Waals surface area contributed by atoms with Crippen LogP contribution < -0.4 is 5.32 Å². The third-order valence-electron chi connectivity index (χ3n) is 3.49. The summed E-state index contributed by atoms with van der Waals surface area (Å²) in [5.41, 5.74) is 1.10. The van der Waals surface area contributed by atoms with E-state index in [-0.39, 0.29) is 0 Å². The first-order valence-electron chi connectivity index (χ1n) is 6.27. The van der Waals surface area contributed by atoms with Gasteiger partial charge < -0.3 is 5.32 Å². The highest BCUT2D eigenvalue weighted by molar-refractivity contribution is 5.01. The molecule has 3 heteroatoms. The maximum absolute atomic E-state index is 4.41. The number of aromatic nitrogens is 2. The van der Waals surface area contributed by atoms with Crippen LogP contribution in [0.1, 0.15) is 44.1 Å². The van der Waals surface area contributed by atoms with Crippen molar-refractivity contribution in [2.75, 3.05) is 0 Å². The maximum Gasteiger partial charge on any atom is 0.125 e. The molecule has 1 aliphatic rings. The third kappa shape index (κ3) is 3.01. The molecule has 1 saturated carbocycles. The van der Waals surface area contributed by atoms with Gasteiger partial charge in [0.1, 0.15) is 5.82 Å². The van der Waals surface area contributed by atoms with E-state index < -0.39 is 0 Å². The van der Waals surface area contributed by atoms with Gasteiger partial charge >= 0.3 is 0 Å². The molecule has 0 saturated heterocycles. The Morgan fingerprint density at radius 3 is 2.94 bits per heavy atom. The van der Waals surface area contributed by atoms with Gasteiger partial charge in [0.2, 0.25) is 0 Å². The predicted molar refractivity (Wildman–Crippen MR) is 65.0 cm³/mol. The molecule has 16 heavy (non-hydrogen) atoms. The van der Waals surface area contributed by atoms with Gasteiger partial charge in [-0.3, -0.25) is 0 Å². The summed E-state index contributed by atoms with van der Waals surface area (Å²) in [6, 6.07) is 2.66. The fourth-order valence-corrected chi connectivity index (χ4v) is 2.46. The smallest absolute Gasteiger partial charge is 0.125 e. The minimum absolute atomic E-state index is 0.670. The van der Waals surface area contributed by atoms with Crippen LogP contribution in [0.4, 0.5) is 0 Å². The molecule has 1 aliphatic carbocycles. The number of rotatable bonds is 3.